The van der Waals surface area contributed by atoms with Crippen molar-refractivity contribution in [1.29, 1.82) is 0 Å². The van der Waals surface area contributed by atoms with Crippen LogP contribution < -0.4 is 0 Å². The summed E-state index contributed by atoms with van der Waals surface area (Å²) in [4.78, 5) is 36.6. The van der Waals surface area contributed by atoms with Gasteiger partial charge in [-0.1, -0.05) is 78.9 Å². The van der Waals surface area contributed by atoms with Gasteiger partial charge < -0.3 is 9.80 Å². The quantitative estimate of drug-likeness (QED) is 0.190. The molecule has 2 amide bonds. The van der Waals surface area contributed by atoms with Gasteiger partial charge in [0.2, 0.25) is 11.8 Å². The van der Waals surface area contributed by atoms with Crippen LogP contribution in [0.25, 0.3) is 17.3 Å². The monoisotopic (exact) mass is 599 g/mol. The molecule has 1 unspecified atom stereocenters. The van der Waals surface area contributed by atoms with E-state index in [1.165, 1.54) is 16.9 Å². The number of amides is 2. The van der Waals surface area contributed by atoms with Crippen molar-refractivity contribution in [3.63, 3.8) is 0 Å². The zero-order valence-corrected chi connectivity index (χ0v) is 25.4. The predicted molar refractivity (Wildman–Crippen MR) is 173 cm³/mol. The highest BCUT2D eigenvalue weighted by Crippen LogP contribution is 2.24. The molecule has 44 heavy (non-hydrogen) atoms. The molecular weight excluding hydrogens is 566 g/mol. The summed E-state index contributed by atoms with van der Waals surface area (Å²) in [5.41, 5.74) is 6.78. The van der Waals surface area contributed by atoms with Gasteiger partial charge >= 0.3 is 0 Å². The first-order chi connectivity index (χ1) is 21.5. The number of benzene rings is 3. The van der Waals surface area contributed by atoms with Crippen LogP contribution in [0.4, 0.5) is 0 Å². The third-order valence-corrected chi connectivity index (χ3v) is 8.66. The first-order valence-electron chi connectivity index (χ1n) is 14.7. The summed E-state index contributed by atoms with van der Waals surface area (Å²) in [6, 6.07) is 29.2. The molecule has 3 heterocycles. The maximum absolute atomic E-state index is 14.4. The Morgan fingerprint density at radius 1 is 0.932 bits per heavy atom. The van der Waals surface area contributed by atoms with E-state index in [4.69, 9.17) is 0 Å². The van der Waals surface area contributed by atoms with Gasteiger partial charge in [-0.2, -0.15) is 10.2 Å². The Kier molecular flexibility index (Phi) is 8.98. The first-order valence-corrected chi connectivity index (χ1v) is 15.6. The van der Waals surface area contributed by atoms with E-state index >= 15 is 0 Å². The van der Waals surface area contributed by atoms with Gasteiger partial charge in [-0.05, 0) is 53.8 Å². The summed E-state index contributed by atoms with van der Waals surface area (Å²) in [6.07, 6.45) is 6.12. The number of aromatic nitrogens is 3. The summed E-state index contributed by atoms with van der Waals surface area (Å²) < 4.78 is 0. The first kappa shape index (κ1) is 29.1. The summed E-state index contributed by atoms with van der Waals surface area (Å²) in [5, 5.41) is 11.0. The number of aryl methyl sites for hydroxylation is 1. The van der Waals surface area contributed by atoms with Gasteiger partial charge in [-0.3, -0.25) is 9.59 Å². The van der Waals surface area contributed by atoms with Crippen LogP contribution in [0.5, 0.6) is 0 Å². The molecule has 6 rings (SSSR count). The van der Waals surface area contributed by atoms with E-state index < -0.39 is 6.04 Å². The van der Waals surface area contributed by atoms with Crippen molar-refractivity contribution >= 4 is 29.2 Å². The van der Waals surface area contributed by atoms with E-state index in [1.54, 1.807) is 23.2 Å². The van der Waals surface area contributed by atoms with Crippen LogP contribution in [-0.2, 0) is 35.5 Å². The Labute approximate surface area is 261 Å². The fourth-order valence-corrected chi connectivity index (χ4v) is 6.13. The molecule has 220 valence electrons. The molecule has 0 bridgehead atoms. The van der Waals surface area contributed by atoms with E-state index in [9.17, 15) is 9.59 Å². The second-order valence-electron chi connectivity index (χ2n) is 10.9. The third-order valence-electron chi connectivity index (χ3n) is 7.87. The van der Waals surface area contributed by atoms with E-state index in [0.717, 1.165) is 45.1 Å². The Morgan fingerprint density at radius 3 is 2.43 bits per heavy atom. The van der Waals surface area contributed by atoms with Gasteiger partial charge in [0, 0.05) is 49.3 Å². The summed E-state index contributed by atoms with van der Waals surface area (Å²) in [5.74, 6) is -0.286. The number of thiazole rings is 1. The molecule has 0 fully saturated rings. The summed E-state index contributed by atoms with van der Waals surface area (Å²) in [6.45, 7) is 3.35. The normalized spacial score (nSPS) is 13.4. The van der Waals surface area contributed by atoms with Gasteiger partial charge in [0.1, 0.15) is 6.04 Å². The number of carbonyl (C=O) groups excluding carboxylic acids is 2. The lowest BCUT2D eigenvalue weighted by Gasteiger charge is -2.37. The Morgan fingerprint density at radius 2 is 1.70 bits per heavy atom. The van der Waals surface area contributed by atoms with Crippen LogP contribution in [0.15, 0.2) is 109 Å². The number of hydrogen-bond acceptors (Lipinski definition) is 6. The molecule has 1 aliphatic heterocycles. The van der Waals surface area contributed by atoms with Gasteiger partial charge in [-0.25, -0.2) is 4.98 Å². The topological polar surface area (TPSA) is 79.3 Å². The molecule has 2 aromatic heterocycles. The predicted octanol–water partition coefficient (Wildman–Crippen LogP) is 6.15. The number of fused-ring (bicyclic) bond motifs is 1. The lowest BCUT2D eigenvalue weighted by molar-refractivity contribution is -0.144. The SMILES string of the molecule is Cc1nc(C=CC(=O)N(Cc2ccc(-c3cccnn3)cc2)C(Cc2ccccc2)C(=O)N2CCc3ccccc3C2)cs1. The fraction of sp³-hybridized carbons (Fsp3) is 0.194. The average molecular weight is 600 g/mol. The minimum Gasteiger partial charge on any atom is -0.336 e. The standard InChI is InChI=1S/C36H33N5O2S/c1-26-38-32(25-44-26)17-18-35(42)41(23-28-13-15-30(16-14-28)33-12-7-20-37-39-33)34(22-27-8-3-2-4-9-27)36(43)40-21-19-29-10-5-6-11-31(29)24-40/h2-18,20,25,34H,19,21-24H2,1H3. The van der Waals surface area contributed by atoms with E-state index in [2.05, 4.69) is 27.3 Å². The molecule has 1 atom stereocenters. The molecule has 5 aromatic rings. The lowest BCUT2D eigenvalue weighted by Crippen LogP contribution is -2.52. The minimum absolute atomic E-state index is 0.0502. The third kappa shape index (κ3) is 6.98. The molecule has 0 N–H and O–H groups in total. The van der Waals surface area contributed by atoms with Crippen molar-refractivity contribution in [3.05, 3.63) is 142 Å². The molecule has 0 radical (unpaired) electrons. The molecule has 1 aliphatic rings. The summed E-state index contributed by atoms with van der Waals surface area (Å²) >= 11 is 1.54. The minimum atomic E-state index is -0.698. The largest absolute Gasteiger partial charge is 0.336 e. The van der Waals surface area contributed by atoms with Gasteiger partial charge in [-0.15, -0.1) is 11.3 Å². The van der Waals surface area contributed by atoms with Gasteiger partial charge in [0.15, 0.2) is 0 Å². The molecule has 0 saturated carbocycles. The van der Waals surface area contributed by atoms with E-state index in [0.29, 0.717) is 19.5 Å². The van der Waals surface area contributed by atoms with Crippen LogP contribution in [0.3, 0.4) is 0 Å². The average Bonchev–Trinajstić information content (AvgIpc) is 3.50. The Bertz CT molecular complexity index is 1750. The molecule has 0 aliphatic carbocycles. The Balaban J connectivity index is 1.34. The van der Waals surface area contributed by atoms with E-state index in [-0.39, 0.29) is 18.4 Å². The molecule has 8 heteroatoms. The van der Waals surface area contributed by atoms with Crippen LogP contribution >= 0.6 is 11.3 Å². The van der Waals surface area contributed by atoms with Crippen molar-refractivity contribution < 1.29 is 9.59 Å². The second-order valence-corrected chi connectivity index (χ2v) is 11.9. The fourth-order valence-electron chi connectivity index (χ4n) is 5.55. The highest BCUT2D eigenvalue weighted by Gasteiger charge is 2.34. The smallest absolute Gasteiger partial charge is 0.247 e. The molecule has 0 spiro atoms. The Hall–Kier alpha value is -4.95. The number of carbonyl (C=O) groups is 2. The van der Waals surface area contributed by atoms with Crippen molar-refractivity contribution in [1.82, 2.24) is 25.0 Å². The molecule has 3 aromatic carbocycles. The molecule has 7 nitrogen and oxygen atoms in total. The number of hydrogen-bond donors (Lipinski definition) is 0. The van der Waals surface area contributed by atoms with Crippen molar-refractivity contribution in [2.45, 2.75) is 38.9 Å². The van der Waals surface area contributed by atoms with Gasteiger partial charge in [0.05, 0.1) is 16.4 Å². The van der Waals surface area contributed by atoms with Crippen LogP contribution in [0, 0.1) is 6.92 Å². The van der Waals surface area contributed by atoms with Crippen molar-refractivity contribution in [2.75, 3.05) is 6.54 Å². The lowest BCUT2D eigenvalue weighted by atomic mass is 9.97. The van der Waals surface area contributed by atoms with Crippen molar-refractivity contribution in [3.8, 4) is 11.3 Å². The maximum atomic E-state index is 14.4. The van der Waals surface area contributed by atoms with Crippen LogP contribution in [0.1, 0.15) is 33.0 Å². The van der Waals surface area contributed by atoms with Crippen LogP contribution in [-0.4, -0.2) is 49.4 Å². The number of rotatable bonds is 9. The molecule has 0 saturated heterocycles. The zero-order valence-electron chi connectivity index (χ0n) is 24.5. The second kappa shape index (κ2) is 13.6. The molecular formula is C36H33N5O2S. The summed E-state index contributed by atoms with van der Waals surface area (Å²) in [7, 11) is 0. The van der Waals surface area contributed by atoms with Gasteiger partial charge in [0.25, 0.3) is 0 Å². The van der Waals surface area contributed by atoms with E-state index in [1.807, 2.05) is 96.1 Å². The maximum Gasteiger partial charge on any atom is 0.247 e. The van der Waals surface area contributed by atoms with Crippen LogP contribution in [0.2, 0.25) is 0 Å². The number of nitrogens with zero attached hydrogens (tertiary/aromatic N) is 5. The van der Waals surface area contributed by atoms with Crippen molar-refractivity contribution in [2.24, 2.45) is 0 Å². The zero-order chi connectivity index (χ0) is 30.3. The highest BCUT2D eigenvalue weighted by molar-refractivity contribution is 7.09. The highest BCUT2D eigenvalue weighted by atomic mass is 32.1.